The number of amides is 2. The van der Waals surface area contributed by atoms with Crippen LogP contribution < -0.4 is 14.8 Å². The number of rotatable bonds is 7. The fourth-order valence-corrected chi connectivity index (χ4v) is 4.46. The molecule has 2 saturated heterocycles. The van der Waals surface area contributed by atoms with Crippen molar-refractivity contribution in [3.8, 4) is 11.5 Å². The summed E-state index contributed by atoms with van der Waals surface area (Å²) in [5.74, 6) is 0.381. The normalized spacial score (nSPS) is 20.3. The molecule has 1 atom stereocenters. The van der Waals surface area contributed by atoms with Crippen LogP contribution in [0.5, 0.6) is 11.5 Å². The van der Waals surface area contributed by atoms with E-state index in [1.807, 2.05) is 33.3 Å². The number of ether oxygens (including phenoxy) is 2. The van der Waals surface area contributed by atoms with Gasteiger partial charge in [0.2, 0.25) is 11.8 Å². The number of benzene rings is 1. The van der Waals surface area contributed by atoms with Crippen LogP contribution in [0.3, 0.4) is 0 Å². The van der Waals surface area contributed by atoms with Crippen LogP contribution >= 0.6 is 0 Å². The number of nitrogens with one attached hydrogen (secondary N) is 1. The van der Waals surface area contributed by atoms with Gasteiger partial charge in [-0.1, -0.05) is 0 Å². The monoisotopic (exact) mass is 457 g/mol. The largest absolute Gasteiger partial charge is 0.497 e. The van der Waals surface area contributed by atoms with Crippen LogP contribution in [0, 0.1) is 5.92 Å². The van der Waals surface area contributed by atoms with Gasteiger partial charge in [-0.25, -0.2) is 0 Å². The zero-order valence-corrected chi connectivity index (χ0v) is 18.4. The number of nitrogens with zero attached hydrogens (tertiary/aromatic N) is 2. The van der Waals surface area contributed by atoms with E-state index in [-0.39, 0.29) is 18.5 Å². The van der Waals surface area contributed by atoms with Crippen molar-refractivity contribution in [3.05, 3.63) is 23.8 Å². The van der Waals surface area contributed by atoms with Crippen molar-refractivity contribution in [3.63, 3.8) is 0 Å². The van der Waals surface area contributed by atoms with E-state index in [2.05, 4.69) is 0 Å². The Balaban J connectivity index is 1.56. The van der Waals surface area contributed by atoms with E-state index in [0.29, 0.717) is 44.0 Å². The highest BCUT2D eigenvalue weighted by Crippen LogP contribution is 2.39. The fourth-order valence-electron chi connectivity index (χ4n) is 4.46. The molecule has 1 unspecified atom stereocenters. The molecule has 7 nitrogen and oxygen atoms in total. The van der Waals surface area contributed by atoms with E-state index < -0.39 is 24.5 Å². The Morgan fingerprint density at radius 1 is 1.09 bits per heavy atom. The molecule has 0 aromatic heterocycles. The summed E-state index contributed by atoms with van der Waals surface area (Å²) >= 11 is 0. The molecule has 2 fully saturated rings. The molecule has 2 heterocycles. The van der Waals surface area contributed by atoms with E-state index in [1.54, 1.807) is 14.2 Å². The standard InChI is InChI=1S/C22H30F3N3O4/c1-31-16-5-6-19(32-2)17(12-16)18-4-3-9-28(18)20(29)13-27-10-7-15(8-11-27)21(30)26-14-22(23,24)25/h5-6,12,15,18H,3-4,7-11,13-14H2,1-2H3,(H,26,30). The Bertz CT molecular complexity index is 810. The Labute approximate surface area is 185 Å². The number of hydrogen-bond acceptors (Lipinski definition) is 5. The molecule has 178 valence electrons. The number of hydrogen-bond donors (Lipinski definition) is 1. The van der Waals surface area contributed by atoms with Gasteiger partial charge in [0.1, 0.15) is 18.0 Å². The Morgan fingerprint density at radius 3 is 2.44 bits per heavy atom. The molecule has 0 spiro atoms. The summed E-state index contributed by atoms with van der Waals surface area (Å²) in [6.07, 6.45) is -1.83. The molecule has 1 aromatic rings. The van der Waals surface area contributed by atoms with Gasteiger partial charge in [-0.3, -0.25) is 14.5 Å². The van der Waals surface area contributed by atoms with Crippen molar-refractivity contribution in [1.29, 1.82) is 0 Å². The molecule has 1 N–H and O–H groups in total. The maximum absolute atomic E-state index is 13.1. The van der Waals surface area contributed by atoms with Crippen molar-refractivity contribution in [2.45, 2.75) is 37.9 Å². The molecule has 32 heavy (non-hydrogen) atoms. The first-order chi connectivity index (χ1) is 15.2. The lowest BCUT2D eigenvalue weighted by Gasteiger charge is -2.33. The quantitative estimate of drug-likeness (QED) is 0.682. The number of methoxy groups -OCH3 is 2. The highest BCUT2D eigenvalue weighted by atomic mass is 19.4. The minimum Gasteiger partial charge on any atom is -0.497 e. The number of carbonyl (C=O) groups is 2. The average Bonchev–Trinajstić information content (AvgIpc) is 3.27. The number of piperidine rings is 1. The van der Waals surface area contributed by atoms with Crippen molar-refractivity contribution in [2.24, 2.45) is 5.92 Å². The van der Waals surface area contributed by atoms with Crippen molar-refractivity contribution in [2.75, 3.05) is 46.9 Å². The van der Waals surface area contributed by atoms with Crippen LogP contribution in [-0.2, 0) is 9.59 Å². The zero-order chi connectivity index (χ0) is 23.3. The molecule has 1 aromatic carbocycles. The maximum Gasteiger partial charge on any atom is 0.405 e. The van der Waals surface area contributed by atoms with Gasteiger partial charge in [-0.2, -0.15) is 13.2 Å². The van der Waals surface area contributed by atoms with Gasteiger partial charge in [0, 0.05) is 18.0 Å². The molecule has 0 radical (unpaired) electrons. The molecule has 2 aliphatic heterocycles. The van der Waals surface area contributed by atoms with Crippen LogP contribution in [0.1, 0.15) is 37.3 Å². The lowest BCUT2D eigenvalue weighted by Crippen LogP contribution is -2.46. The highest BCUT2D eigenvalue weighted by Gasteiger charge is 2.35. The predicted octanol–water partition coefficient (Wildman–Crippen LogP) is 2.76. The molecular formula is C22H30F3N3O4. The molecule has 2 amide bonds. The molecule has 0 aliphatic carbocycles. The first-order valence-corrected chi connectivity index (χ1v) is 10.8. The molecule has 0 bridgehead atoms. The molecule has 2 aliphatic rings. The van der Waals surface area contributed by atoms with Crippen LogP contribution in [-0.4, -0.2) is 74.7 Å². The van der Waals surface area contributed by atoms with E-state index in [1.165, 1.54) is 0 Å². The van der Waals surface area contributed by atoms with Crippen LogP contribution in [0.15, 0.2) is 18.2 Å². The van der Waals surface area contributed by atoms with Crippen LogP contribution in [0.4, 0.5) is 13.2 Å². The topological polar surface area (TPSA) is 71.1 Å². The first-order valence-electron chi connectivity index (χ1n) is 10.8. The summed E-state index contributed by atoms with van der Waals surface area (Å²) in [4.78, 5) is 28.9. The second-order valence-electron chi connectivity index (χ2n) is 8.24. The van der Waals surface area contributed by atoms with E-state index >= 15 is 0 Å². The van der Waals surface area contributed by atoms with Crippen molar-refractivity contribution >= 4 is 11.8 Å². The number of alkyl halides is 3. The fraction of sp³-hybridized carbons (Fsp3) is 0.636. The van der Waals surface area contributed by atoms with Gasteiger partial charge < -0.3 is 19.7 Å². The van der Waals surface area contributed by atoms with Crippen LogP contribution in [0.25, 0.3) is 0 Å². The number of halogens is 3. The summed E-state index contributed by atoms with van der Waals surface area (Å²) in [5.41, 5.74) is 0.915. The summed E-state index contributed by atoms with van der Waals surface area (Å²) in [7, 11) is 3.19. The molecule has 3 rings (SSSR count). The van der Waals surface area contributed by atoms with E-state index in [9.17, 15) is 22.8 Å². The highest BCUT2D eigenvalue weighted by molar-refractivity contribution is 5.80. The SMILES string of the molecule is COc1ccc(OC)c(C2CCCN2C(=O)CN2CCC(C(=O)NCC(F)(F)F)CC2)c1. The molecule has 10 heteroatoms. The maximum atomic E-state index is 13.1. The molecular weight excluding hydrogens is 427 g/mol. The van der Waals surface area contributed by atoms with Gasteiger partial charge >= 0.3 is 6.18 Å². The van der Waals surface area contributed by atoms with Crippen LogP contribution in [0.2, 0.25) is 0 Å². The third-order valence-corrected chi connectivity index (χ3v) is 6.15. The first kappa shape index (κ1) is 24.2. The smallest absolute Gasteiger partial charge is 0.405 e. The van der Waals surface area contributed by atoms with Gasteiger partial charge in [0.25, 0.3) is 0 Å². The Morgan fingerprint density at radius 2 is 1.81 bits per heavy atom. The van der Waals surface area contributed by atoms with Gasteiger partial charge in [0.05, 0.1) is 26.8 Å². The summed E-state index contributed by atoms with van der Waals surface area (Å²) < 4.78 is 47.7. The van der Waals surface area contributed by atoms with Gasteiger partial charge in [-0.15, -0.1) is 0 Å². The second kappa shape index (κ2) is 10.4. The average molecular weight is 457 g/mol. The van der Waals surface area contributed by atoms with E-state index in [0.717, 1.165) is 18.4 Å². The number of likely N-dealkylation sites (tertiary alicyclic amines) is 2. The predicted molar refractivity (Wildman–Crippen MR) is 111 cm³/mol. The zero-order valence-electron chi connectivity index (χ0n) is 18.4. The summed E-state index contributed by atoms with van der Waals surface area (Å²) in [6.45, 7) is 0.558. The lowest BCUT2D eigenvalue weighted by molar-refractivity contribution is -0.142. The summed E-state index contributed by atoms with van der Waals surface area (Å²) in [6, 6.07) is 5.46. The minimum absolute atomic E-state index is 0.00246. The van der Waals surface area contributed by atoms with E-state index in [4.69, 9.17) is 9.47 Å². The van der Waals surface area contributed by atoms with Crippen molar-refractivity contribution < 1.29 is 32.2 Å². The third-order valence-electron chi connectivity index (χ3n) is 6.15. The Hall–Kier alpha value is -2.49. The second-order valence-corrected chi connectivity index (χ2v) is 8.24. The molecule has 0 saturated carbocycles. The van der Waals surface area contributed by atoms with Gasteiger partial charge in [0.15, 0.2) is 0 Å². The summed E-state index contributed by atoms with van der Waals surface area (Å²) in [5, 5.41) is 1.96. The minimum atomic E-state index is -4.42. The number of carbonyl (C=O) groups excluding carboxylic acids is 2. The van der Waals surface area contributed by atoms with Crippen molar-refractivity contribution in [1.82, 2.24) is 15.1 Å². The van der Waals surface area contributed by atoms with Gasteiger partial charge in [-0.05, 0) is 57.0 Å². The lowest BCUT2D eigenvalue weighted by atomic mass is 9.96. The third kappa shape index (κ3) is 6.05. The Kier molecular flexibility index (Phi) is 7.86.